The summed E-state index contributed by atoms with van der Waals surface area (Å²) in [4.78, 5) is 10.6. The average Bonchev–Trinajstić information content (AvgIpc) is 2.35. The van der Waals surface area contributed by atoms with Crippen LogP contribution >= 0.6 is 0 Å². The number of carboxylic acids is 1. The molecule has 1 atom stereocenters. The van der Waals surface area contributed by atoms with Crippen molar-refractivity contribution in [1.29, 1.82) is 0 Å². The van der Waals surface area contributed by atoms with Gasteiger partial charge >= 0.3 is 5.97 Å². The van der Waals surface area contributed by atoms with Crippen molar-refractivity contribution in [1.82, 2.24) is 0 Å². The SMILES string of the molecule is C=C(CCC(C)CC(=O)O)c1cc(F)ccc1NC. The Labute approximate surface area is 113 Å². The van der Waals surface area contributed by atoms with Crippen molar-refractivity contribution in [2.45, 2.75) is 26.2 Å². The summed E-state index contributed by atoms with van der Waals surface area (Å²) < 4.78 is 13.3. The lowest BCUT2D eigenvalue weighted by Crippen LogP contribution is -2.04. The normalized spacial score (nSPS) is 11.9. The smallest absolute Gasteiger partial charge is 0.303 e. The molecule has 0 aliphatic carbocycles. The summed E-state index contributed by atoms with van der Waals surface area (Å²) in [6.07, 6.45) is 1.53. The molecule has 0 aromatic heterocycles. The Bertz CT molecular complexity index is 471. The number of allylic oxidation sites excluding steroid dienone is 1. The lowest BCUT2D eigenvalue weighted by Gasteiger charge is -2.14. The molecule has 3 nitrogen and oxygen atoms in total. The van der Waals surface area contributed by atoms with Crippen molar-refractivity contribution < 1.29 is 14.3 Å². The van der Waals surface area contributed by atoms with Crippen LogP contribution in [0.2, 0.25) is 0 Å². The van der Waals surface area contributed by atoms with Crippen LogP contribution < -0.4 is 5.32 Å². The molecule has 0 fully saturated rings. The number of carboxylic acid groups (broad SMARTS) is 1. The van der Waals surface area contributed by atoms with Crippen molar-refractivity contribution in [3.63, 3.8) is 0 Å². The molecule has 0 heterocycles. The number of halogens is 1. The lowest BCUT2D eigenvalue weighted by molar-refractivity contribution is -0.138. The molecule has 0 amide bonds. The monoisotopic (exact) mass is 265 g/mol. The first kappa shape index (κ1) is 15.2. The van der Waals surface area contributed by atoms with Crippen molar-refractivity contribution in [2.24, 2.45) is 5.92 Å². The molecule has 4 heteroatoms. The van der Waals surface area contributed by atoms with Gasteiger partial charge in [0.05, 0.1) is 0 Å². The molecule has 1 aromatic carbocycles. The summed E-state index contributed by atoms with van der Waals surface area (Å²) in [7, 11) is 1.77. The molecule has 0 saturated carbocycles. The van der Waals surface area contributed by atoms with E-state index in [0.29, 0.717) is 6.42 Å². The first-order chi connectivity index (χ1) is 8.93. The number of hydrogen-bond acceptors (Lipinski definition) is 2. The third-order valence-electron chi connectivity index (χ3n) is 3.09. The second-order valence-corrected chi connectivity index (χ2v) is 4.79. The molecule has 1 aromatic rings. The van der Waals surface area contributed by atoms with E-state index in [0.717, 1.165) is 23.2 Å². The minimum absolute atomic E-state index is 0.0841. The van der Waals surface area contributed by atoms with Gasteiger partial charge in [-0.25, -0.2) is 4.39 Å². The first-order valence-corrected chi connectivity index (χ1v) is 6.31. The maximum Gasteiger partial charge on any atom is 0.303 e. The molecule has 0 bridgehead atoms. The number of carbonyl (C=O) groups is 1. The number of rotatable bonds is 7. The van der Waals surface area contributed by atoms with E-state index in [-0.39, 0.29) is 18.2 Å². The average molecular weight is 265 g/mol. The number of aliphatic carboxylic acids is 1. The summed E-state index contributed by atoms with van der Waals surface area (Å²) in [5.74, 6) is -1.01. The highest BCUT2D eigenvalue weighted by Crippen LogP contribution is 2.28. The fraction of sp³-hybridized carbons (Fsp3) is 0.400. The molecular weight excluding hydrogens is 245 g/mol. The van der Waals surface area contributed by atoms with Crippen LogP contribution in [0.5, 0.6) is 0 Å². The van der Waals surface area contributed by atoms with Crippen LogP contribution in [0.15, 0.2) is 24.8 Å². The van der Waals surface area contributed by atoms with Gasteiger partial charge in [0.2, 0.25) is 0 Å². The van der Waals surface area contributed by atoms with Gasteiger partial charge in [-0.15, -0.1) is 0 Å². The predicted octanol–water partition coefficient (Wildman–Crippen LogP) is 3.77. The second kappa shape index (κ2) is 6.92. The maximum absolute atomic E-state index is 13.3. The largest absolute Gasteiger partial charge is 0.481 e. The van der Waals surface area contributed by atoms with Crippen LogP contribution in [0.3, 0.4) is 0 Å². The highest BCUT2D eigenvalue weighted by molar-refractivity contribution is 5.75. The topological polar surface area (TPSA) is 49.3 Å². The highest BCUT2D eigenvalue weighted by Gasteiger charge is 2.11. The van der Waals surface area contributed by atoms with Gasteiger partial charge in [-0.05, 0) is 42.5 Å². The number of benzene rings is 1. The van der Waals surface area contributed by atoms with Gasteiger partial charge in [0.1, 0.15) is 5.82 Å². The highest BCUT2D eigenvalue weighted by atomic mass is 19.1. The maximum atomic E-state index is 13.3. The predicted molar refractivity (Wildman–Crippen MR) is 75.6 cm³/mol. The van der Waals surface area contributed by atoms with Crippen LogP contribution in [0, 0.1) is 11.7 Å². The van der Waals surface area contributed by atoms with E-state index < -0.39 is 5.97 Å². The summed E-state index contributed by atoms with van der Waals surface area (Å²) in [6.45, 7) is 5.87. The quantitative estimate of drug-likeness (QED) is 0.789. The molecule has 0 radical (unpaired) electrons. The minimum atomic E-state index is -0.792. The fourth-order valence-electron chi connectivity index (χ4n) is 1.98. The summed E-state index contributed by atoms with van der Waals surface area (Å²) >= 11 is 0. The van der Waals surface area contributed by atoms with Gasteiger partial charge in [0, 0.05) is 24.7 Å². The van der Waals surface area contributed by atoms with E-state index in [1.54, 1.807) is 13.1 Å². The van der Waals surface area contributed by atoms with E-state index in [9.17, 15) is 9.18 Å². The van der Waals surface area contributed by atoms with Gasteiger partial charge in [-0.2, -0.15) is 0 Å². The van der Waals surface area contributed by atoms with Gasteiger partial charge in [0.15, 0.2) is 0 Å². The summed E-state index contributed by atoms with van der Waals surface area (Å²) in [5.41, 5.74) is 2.41. The minimum Gasteiger partial charge on any atom is -0.481 e. The second-order valence-electron chi connectivity index (χ2n) is 4.79. The molecule has 19 heavy (non-hydrogen) atoms. The fourth-order valence-corrected chi connectivity index (χ4v) is 1.98. The Kier molecular flexibility index (Phi) is 5.55. The molecule has 0 saturated heterocycles. The van der Waals surface area contributed by atoms with Gasteiger partial charge in [-0.1, -0.05) is 13.5 Å². The zero-order valence-electron chi connectivity index (χ0n) is 11.4. The van der Waals surface area contributed by atoms with Crippen LogP contribution in [0.4, 0.5) is 10.1 Å². The van der Waals surface area contributed by atoms with Gasteiger partial charge < -0.3 is 10.4 Å². The Hall–Kier alpha value is -1.84. The van der Waals surface area contributed by atoms with Crippen LogP contribution in [0.25, 0.3) is 5.57 Å². The van der Waals surface area contributed by atoms with E-state index in [1.165, 1.54) is 12.1 Å². The van der Waals surface area contributed by atoms with Crippen molar-refractivity contribution in [3.8, 4) is 0 Å². The zero-order valence-corrected chi connectivity index (χ0v) is 11.4. The molecule has 1 rings (SSSR count). The Morgan fingerprint density at radius 1 is 1.53 bits per heavy atom. The Morgan fingerprint density at radius 2 is 2.21 bits per heavy atom. The summed E-state index contributed by atoms with van der Waals surface area (Å²) in [6, 6.07) is 4.53. The molecule has 0 aliphatic heterocycles. The molecule has 104 valence electrons. The molecular formula is C15H20FNO2. The van der Waals surface area contributed by atoms with E-state index in [1.807, 2.05) is 6.92 Å². The van der Waals surface area contributed by atoms with E-state index >= 15 is 0 Å². The standard InChI is InChI=1S/C15H20FNO2/c1-10(8-15(18)19)4-5-11(2)13-9-12(16)6-7-14(13)17-3/h6-7,9-10,17H,2,4-5,8H2,1,3H3,(H,18,19). The Morgan fingerprint density at radius 3 is 2.79 bits per heavy atom. The third kappa shape index (κ3) is 4.73. The molecule has 2 N–H and O–H groups in total. The van der Waals surface area contributed by atoms with Crippen LogP contribution in [0.1, 0.15) is 31.7 Å². The van der Waals surface area contributed by atoms with Crippen LogP contribution in [-0.4, -0.2) is 18.1 Å². The Balaban J connectivity index is 2.68. The van der Waals surface area contributed by atoms with E-state index in [4.69, 9.17) is 5.11 Å². The van der Waals surface area contributed by atoms with Crippen molar-refractivity contribution in [3.05, 3.63) is 36.2 Å². The van der Waals surface area contributed by atoms with Gasteiger partial charge in [0.25, 0.3) is 0 Å². The summed E-state index contributed by atoms with van der Waals surface area (Å²) in [5, 5.41) is 11.7. The van der Waals surface area contributed by atoms with Crippen LogP contribution in [-0.2, 0) is 4.79 Å². The number of anilines is 1. The van der Waals surface area contributed by atoms with Crippen molar-refractivity contribution >= 4 is 17.2 Å². The first-order valence-electron chi connectivity index (χ1n) is 6.31. The number of nitrogens with one attached hydrogen (secondary N) is 1. The van der Waals surface area contributed by atoms with Gasteiger partial charge in [-0.3, -0.25) is 4.79 Å². The van der Waals surface area contributed by atoms with Crippen molar-refractivity contribution in [2.75, 3.05) is 12.4 Å². The molecule has 1 unspecified atom stereocenters. The number of hydrogen-bond donors (Lipinski definition) is 2. The molecule has 0 spiro atoms. The lowest BCUT2D eigenvalue weighted by atomic mass is 9.94. The molecule has 0 aliphatic rings. The third-order valence-corrected chi connectivity index (χ3v) is 3.09. The van der Waals surface area contributed by atoms with E-state index in [2.05, 4.69) is 11.9 Å². The zero-order chi connectivity index (χ0) is 14.4.